The summed E-state index contributed by atoms with van der Waals surface area (Å²) in [6, 6.07) is 11.5. The smallest absolute Gasteiger partial charge is 0.273 e. The molecule has 6 nitrogen and oxygen atoms in total. The second-order valence-corrected chi connectivity index (χ2v) is 5.70. The van der Waals surface area contributed by atoms with Gasteiger partial charge in [0.2, 0.25) is 0 Å². The van der Waals surface area contributed by atoms with Crippen LogP contribution in [0.1, 0.15) is 12.6 Å². The molecule has 0 aliphatic heterocycles. The number of fused-ring (bicyclic) bond motifs is 1. The highest BCUT2D eigenvalue weighted by molar-refractivity contribution is 5.80. The van der Waals surface area contributed by atoms with Crippen LogP contribution in [0.3, 0.4) is 0 Å². The Balaban J connectivity index is 1.98. The molecule has 0 saturated carbocycles. The number of aryl methyl sites for hydroxylation is 2. The van der Waals surface area contributed by atoms with E-state index in [-0.39, 0.29) is 5.56 Å². The van der Waals surface area contributed by atoms with Gasteiger partial charge in [-0.3, -0.25) is 14.6 Å². The highest BCUT2D eigenvalue weighted by Crippen LogP contribution is 2.27. The zero-order valence-corrected chi connectivity index (χ0v) is 13.5. The van der Waals surface area contributed by atoms with E-state index in [9.17, 15) is 4.79 Å². The van der Waals surface area contributed by atoms with Crippen molar-refractivity contribution in [2.24, 2.45) is 0 Å². The van der Waals surface area contributed by atoms with Crippen LogP contribution in [0.2, 0.25) is 0 Å². The summed E-state index contributed by atoms with van der Waals surface area (Å²) in [6.45, 7) is 4.75. The molecule has 0 bridgehead atoms. The molecule has 1 aromatic carbocycles. The molecule has 24 heavy (non-hydrogen) atoms. The maximum Gasteiger partial charge on any atom is 0.273 e. The normalized spacial score (nSPS) is 11.2. The summed E-state index contributed by atoms with van der Waals surface area (Å²) < 4.78 is 3.31. The lowest BCUT2D eigenvalue weighted by Gasteiger charge is -2.02. The average Bonchev–Trinajstić information content (AvgIpc) is 3.20. The summed E-state index contributed by atoms with van der Waals surface area (Å²) >= 11 is 0. The molecule has 0 aliphatic carbocycles. The number of rotatable bonds is 3. The molecule has 0 unspecified atom stereocenters. The first-order chi connectivity index (χ1) is 11.7. The van der Waals surface area contributed by atoms with Gasteiger partial charge in [0.05, 0.1) is 11.9 Å². The van der Waals surface area contributed by atoms with Gasteiger partial charge in [-0.1, -0.05) is 30.3 Å². The summed E-state index contributed by atoms with van der Waals surface area (Å²) in [5.74, 6) is 0. The van der Waals surface area contributed by atoms with E-state index < -0.39 is 0 Å². The summed E-state index contributed by atoms with van der Waals surface area (Å²) in [7, 11) is 0. The first-order valence-electron chi connectivity index (χ1n) is 7.88. The van der Waals surface area contributed by atoms with Crippen molar-refractivity contribution in [3.05, 3.63) is 64.8 Å². The fourth-order valence-electron chi connectivity index (χ4n) is 2.92. The van der Waals surface area contributed by atoms with Crippen LogP contribution < -0.4 is 5.56 Å². The van der Waals surface area contributed by atoms with Crippen LogP contribution in [0.25, 0.3) is 28.0 Å². The number of nitrogens with one attached hydrogen (secondary N) is 1. The lowest BCUT2D eigenvalue weighted by molar-refractivity contribution is 0.660. The van der Waals surface area contributed by atoms with Gasteiger partial charge in [0.1, 0.15) is 0 Å². The molecule has 0 amide bonds. The minimum Gasteiger partial charge on any atom is -0.293 e. The molecular weight excluding hydrogens is 302 g/mol. The topological polar surface area (TPSA) is 68.0 Å². The van der Waals surface area contributed by atoms with Crippen molar-refractivity contribution >= 4 is 5.65 Å². The zero-order valence-electron chi connectivity index (χ0n) is 13.5. The molecule has 0 spiro atoms. The molecule has 0 fully saturated rings. The predicted octanol–water partition coefficient (Wildman–Crippen LogP) is 2.88. The number of aromatic amines is 1. The van der Waals surface area contributed by atoms with Gasteiger partial charge in [0, 0.05) is 35.6 Å². The number of hydrogen-bond acceptors (Lipinski definition) is 3. The van der Waals surface area contributed by atoms with Crippen molar-refractivity contribution in [3.8, 4) is 22.4 Å². The third kappa shape index (κ3) is 2.23. The van der Waals surface area contributed by atoms with Crippen molar-refractivity contribution in [1.82, 2.24) is 24.4 Å². The number of nitrogens with zero attached hydrogens (tertiary/aromatic N) is 4. The van der Waals surface area contributed by atoms with Crippen molar-refractivity contribution < 1.29 is 0 Å². The summed E-state index contributed by atoms with van der Waals surface area (Å²) in [4.78, 5) is 17.2. The Bertz CT molecular complexity index is 1070. The Labute approximate surface area is 138 Å². The molecule has 6 heteroatoms. The number of H-pyrrole nitrogens is 1. The van der Waals surface area contributed by atoms with Crippen molar-refractivity contribution in [2.75, 3.05) is 0 Å². The Morgan fingerprint density at radius 2 is 1.96 bits per heavy atom. The third-order valence-electron chi connectivity index (χ3n) is 4.11. The van der Waals surface area contributed by atoms with Gasteiger partial charge < -0.3 is 0 Å². The second-order valence-electron chi connectivity index (χ2n) is 5.70. The predicted molar refractivity (Wildman–Crippen MR) is 92.9 cm³/mol. The van der Waals surface area contributed by atoms with E-state index >= 15 is 0 Å². The van der Waals surface area contributed by atoms with Gasteiger partial charge in [0.15, 0.2) is 5.65 Å². The second kappa shape index (κ2) is 5.49. The number of hydrogen-bond donors (Lipinski definition) is 1. The Morgan fingerprint density at radius 1 is 1.17 bits per heavy atom. The lowest BCUT2D eigenvalue weighted by atomic mass is 10.1. The van der Waals surface area contributed by atoms with E-state index in [1.54, 1.807) is 6.20 Å². The molecule has 4 rings (SSSR count). The lowest BCUT2D eigenvalue weighted by Crippen LogP contribution is -2.14. The molecule has 0 aliphatic rings. The maximum absolute atomic E-state index is 12.5. The fraction of sp³-hybridized carbons (Fsp3) is 0.167. The van der Waals surface area contributed by atoms with Crippen LogP contribution in [0.5, 0.6) is 0 Å². The van der Waals surface area contributed by atoms with Gasteiger partial charge >= 0.3 is 0 Å². The summed E-state index contributed by atoms with van der Waals surface area (Å²) in [5.41, 5.74) is 4.85. The SMILES string of the molecule is CCn1cc(-c2cc(=O)n3[nH]c(C)c(-c4ccccc4)c3n2)cn1. The standard InChI is InChI=1S/C18H17N5O/c1-3-22-11-14(10-19-22)15-9-16(24)23-18(20-15)17(12(2)21-23)13-7-5-4-6-8-13/h4-11,21H,3H2,1-2H3. The molecule has 0 saturated heterocycles. The largest absolute Gasteiger partial charge is 0.293 e. The van der Waals surface area contributed by atoms with E-state index in [4.69, 9.17) is 4.98 Å². The van der Waals surface area contributed by atoms with E-state index in [2.05, 4.69) is 10.2 Å². The molecule has 3 heterocycles. The van der Waals surface area contributed by atoms with Gasteiger partial charge in [-0.25, -0.2) is 9.50 Å². The van der Waals surface area contributed by atoms with Crippen molar-refractivity contribution in [2.45, 2.75) is 20.4 Å². The van der Waals surface area contributed by atoms with Crippen LogP contribution in [-0.2, 0) is 6.54 Å². The Morgan fingerprint density at radius 3 is 2.67 bits per heavy atom. The quantitative estimate of drug-likeness (QED) is 0.631. The van der Waals surface area contributed by atoms with Crippen LogP contribution in [0.15, 0.2) is 53.6 Å². The Hall–Kier alpha value is -3.15. The molecule has 1 N–H and O–H groups in total. The average molecular weight is 319 g/mol. The van der Waals surface area contributed by atoms with Crippen LogP contribution in [-0.4, -0.2) is 24.4 Å². The maximum atomic E-state index is 12.5. The van der Waals surface area contributed by atoms with Gasteiger partial charge in [-0.05, 0) is 19.4 Å². The number of aromatic nitrogens is 5. The molecule has 4 aromatic rings. The summed E-state index contributed by atoms with van der Waals surface area (Å²) in [6.07, 6.45) is 3.64. The van der Waals surface area contributed by atoms with Crippen LogP contribution >= 0.6 is 0 Å². The van der Waals surface area contributed by atoms with Gasteiger partial charge in [-0.2, -0.15) is 5.10 Å². The highest BCUT2D eigenvalue weighted by atomic mass is 16.1. The van der Waals surface area contributed by atoms with Gasteiger partial charge in [-0.15, -0.1) is 0 Å². The Kier molecular flexibility index (Phi) is 3.30. The summed E-state index contributed by atoms with van der Waals surface area (Å²) in [5, 5.41) is 7.38. The van der Waals surface area contributed by atoms with Crippen molar-refractivity contribution in [3.63, 3.8) is 0 Å². The highest BCUT2D eigenvalue weighted by Gasteiger charge is 2.15. The third-order valence-corrected chi connectivity index (χ3v) is 4.11. The molecular formula is C18H17N5O. The zero-order chi connectivity index (χ0) is 16.7. The van der Waals surface area contributed by atoms with Crippen LogP contribution in [0.4, 0.5) is 0 Å². The minimum absolute atomic E-state index is 0.135. The first kappa shape index (κ1) is 14.4. The first-order valence-corrected chi connectivity index (χ1v) is 7.88. The van der Waals surface area contributed by atoms with Crippen molar-refractivity contribution in [1.29, 1.82) is 0 Å². The number of benzene rings is 1. The molecule has 0 radical (unpaired) electrons. The molecule has 3 aromatic heterocycles. The van der Waals surface area contributed by atoms with Gasteiger partial charge in [0.25, 0.3) is 5.56 Å². The van der Waals surface area contributed by atoms with E-state index in [1.165, 1.54) is 10.6 Å². The molecule has 120 valence electrons. The van der Waals surface area contributed by atoms with E-state index in [0.717, 1.165) is 28.9 Å². The van der Waals surface area contributed by atoms with Crippen LogP contribution in [0, 0.1) is 6.92 Å². The minimum atomic E-state index is -0.135. The monoisotopic (exact) mass is 319 g/mol. The molecule has 0 atom stereocenters. The van der Waals surface area contributed by atoms with E-state index in [1.807, 2.05) is 55.1 Å². The van der Waals surface area contributed by atoms with E-state index in [0.29, 0.717) is 11.3 Å². The fourth-order valence-corrected chi connectivity index (χ4v) is 2.92.